The molecule has 0 bridgehead atoms. The number of hydrogen-bond acceptors (Lipinski definition) is 3. The van der Waals surface area contributed by atoms with Crippen LogP contribution in [0, 0.1) is 0 Å². The lowest BCUT2D eigenvalue weighted by Gasteiger charge is -2.35. The minimum atomic E-state index is -4.84. The van der Waals surface area contributed by atoms with Crippen molar-refractivity contribution < 1.29 is 24.2 Å². The number of aliphatic hydroxyl groups is 1. The molecule has 0 unspecified atom stereocenters. The van der Waals surface area contributed by atoms with E-state index >= 15 is 0 Å². The molecule has 0 saturated carbocycles. The summed E-state index contributed by atoms with van der Waals surface area (Å²) in [5, 5.41) is 8.29. The Morgan fingerprint density at radius 1 is 0.895 bits per heavy atom. The minimum absolute atomic E-state index is 0.0713. The van der Waals surface area contributed by atoms with Gasteiger partial charge in [0.05, 0.1) is 0 Å². The molecule has 2 aromatic carbocycles. The smallest absolute Gasteiger partial charge is 0.366 e. The van der Waals surface area contributed by atoms with Crippen LogP contribution in [0.3, 0.4) is 0 Å². The first kappa shape index (κ1) is 12.4. The SMILES string of the molecule is O=P(O)(O)C1(O)c2ccccc2Oc2ccccc21. The molecule has 1 heterocycles. The fraction of sp³-hybridized carbons (Fsp3) is 0.0769. The van der Waals surface area contributed by atoms with Crippen molar-refractivity contribution in [1.29, 1.82) is 0 Å². The molecule has 5 nitrogen and oxygen atoms in total. The predicted molar refractivity (Wildman–Crippen MR) is 68.0 cm³/mol. The molecule has 0 aliphatic carbocycles. The standard InChI is InChI=1S/C13H11O5P/c14-13(19(15,16)17)9-5-1-3-7-11(9)18-12-8-4-2-6-10(12)13/h1-8,14H,(H2,15,16,17). The Hall–Kier alpha value is -1.65. The largest absolute Gasteiger partial charge is 0.457 e. The molecule has 1 aliphatic heterocycles. The third-order valence-corrected chi connectivity index (χ3v) is 4.49. The second-order valence-electron chi connectivity index (χ2n) is 4.31. The highest BCUT2D eigenvalue weighted by atomic mass is 31.2. The van der Waals surface area contributed by atoms with Gasteiger partial charge in [0.25, 0.3) is 0 Å². The molecule has 0 fully saturated rings. The Morgan fingerprint density at radius 3 is 1.74 bits per heavy atom. The van der Waals surface area contributed by atoms with Gasteiger partial charge in [-0.15, -0.1) is 0 Å². The molecular weight excluding hydrogens is 267 g/mol. The Labute approximate surface area is 109 Å². The molecule has 0 amide bonds. The van der Waals surface area contributed by atoms with Gasteiger partial charge < -0.3 is 19.6 Å². The summed E-state index contributed by atoms with van der Waals surface area (Å²) in [4.78, 5) is 19.2. The third-order valence-electron chi connectivity index (χ3n) is 3.17. The lowest BCUT2D eigenvalue weighted by atomic mass is 9.96. The molecule has 0 aromatic heterocycles. The highest BCUT2D eigenvalue weighted by molar-refractivity contribution is 7.53. The lowest BCUT2D eigenvalue weighted by molar-refractivity contribution is 0.117. The molecule has 0 radical (unpaired) electrons. The van der Waals surface area contributed by atoms with Crippen LogP contribution in [0.2, 0.25) is 0 Å². The average molecular weight is 278 g/mol. The van der Waals surface area contributed by atoms with Gasteiger partial charge in [-0.05, 0) is 12.1 Å². The zero-order valence-electron chi connectivity index (χ0n) is 9.72. The van der Waals surface area contributed by atoms with Gasteiger partial charge in [-0.25, -0.2) is 0 Å². The van der Waals surface area contributed by atoms with Gasteiger partial charge in [0.1, 0.15) is 11.5 Å². The summed E-state index contributed by atoms with van der Waals surface area (Å²) in [6.45, 7) is 0. The number of rotatable bonds is 1. The molecule has 0 spiro atoms. The van der Waals surface area contributed by atoms with Crippen molar-refractivity contribution in [2.24, 2.45) is 0 Å². The van der Waals surface area contributed by atoms with E-state index in [1.165, 1.54) is 12.1 Å². The first-order chi connectivity index (χ1) is 8.94. The number of ether oxygens (including phenoxy) is 1. The molecule has 98 valence electrons. The van der Waals surface area contributed by atoms with Crippen molar-refractivity contribution in [2.75, 3.05) is 0 Å². The van der Waals surface area contributed by atoms with Gasteiger partial charge in [-0.3, -0.25) is 4.57 Å². The third kappa shape index (κ3) is 1.64. The van der Waals surface area contributed by atoms with Crippen molar-refractivity contribution >= 4 is 7.60 Å². The maximum atomic E-state index is 11.8. The van der Waals surface area contributed by atoms with Gasteiger partial charge in [-0.2, -0.15) is 0 Å². The van der Waals surface area contributed by atoms with Crippen LogP contribution in [-0.4, -0.2) is 14.9 Å². The van der Waals surface area contributed by atoms with E-state index in [0.717, 1.165) is 0 Å². The highest BCUT2D eigenvalue weighted by Gasteiger charge is 2.53. The first-order valence-corrected chi connectivity index (χ1v) is 7.21. The first-order valence-electron chi connectivity index (χ1n) is 5.59. The predicted octanol–water partition coefficient (Wildman–Crippen LogP) is 2.16. The Bertz CT molecular complexity index is 645. The monoisotopic (exact) mass is 278 g/mol. The fourth-order valence-corrected chi connectivity index (χ4v) is 3.26. The van der Waals surface area contributed by atoms with Crippen molar-refractivity contribution in [1.82, 2.24) is 0 Å². The number of benzene rings is 2. The molecule has 3 N–H and O–H groups in total. The van der Waals surface area contributed by atoms with E-state index in [9.17, 15) is 19.5 Å². The maximum absolute atomic E-state index is 11.8. The summed E-state index contributed by atoms with van der Waals surface area (Å²) >= 11 is 0. The summed E-state index contributed by atoms with van der Waals surface area (Å²) in [5.74, 6) is 0.485. The highest BCUT2D eigenvalue weighted by Crippen LogP contribution is 2.64. The van der Waals surface area contributed by atoms with Gasteiger partial charge in [0.2, 0.25) is 5.34 Å². The van der Waals surface area contributed by atoms with Crippen LogP contribution in [0.4, 0.5) is 0 Å². The van der Waals surface area contributed by atoms with E-state index in [0.29, 0.717) is 0 Å². The van der Waals surface area contributed by atoms with E-state index in [2.05, 4.69) is 0 Å². The second kappa shape index (κ2) is 3.92. The molecule has 1 aliphatic rings. The molecule has 0 atom stereocenters. The van der Waals surface area contributed by atoms with Crippen molar-refractivity contribution in [3.05, 3.63) is 59.7 Å². The molecule has 2 aromatic rings. The van der Waals surface area contributed by atoms with Crippen LogP contribution < -0.4 is 4.74 Å². The van der Waals surface area contributed by atoms with Gasteiger partial charge in [-0.1, -0.05) is 36.4 Å². The summed E-state index contributed by atoms with van der Waals surface area (Å²) in [5.41, 5.74) is 0.143. The van der Waals surface area contributed by atoms with Crippen LogP contribution in [0.1, 0.15) is 11.1 Å². The van der Waals surface area contributed by atoms with Gasteiger partial charge >= 0.3 is 7.60 Å². The average Bonchev–Trinajstić information content (AvgIpc) is 2.38. The lowest BCUT2D eigenvalue weighted by Crippen LogP contribution is -2.30. The Balaban J connectivity index is 2.38. The van der Waals surface area contributed by atoms with Crippen LogP contribution in [0.15, 0.2) is 48.5 Å². The molecule has 19 heavy (non-hydrogen) atoms. The normalized spacial score (nSPS) is 16.2. The van der Waals surface area contributed by atoms with Crippen LogP contribution in [-0.2, 0) is 9.91 Å². The quantitative estimate of drug-likeness (QED) is 0.696. The topological polar surface area (TPSA) is 87.0 Å². The minimum Gasteiger partial charge on any atom is -0.457 e. The van der Waals surface area contributed by atoms with Crippen molar-refractivity contribution in [2.45, 2.75) is 5.34 Å². The van der Waals surface area contributed by atoms with Crippen LogP contribution in [0.5, 0.6) is 11.5 Å². The van der Waals surface area contributed by atoms with E-state index in [1.807, 2.05) is 0 Å². The van der Waals surface area contributed by atoms with E-state index < -0.39 is 12.9 Å². The molecular formula is C13H11O5P. The van der Waals surface area contributed by atoms with Gasteiger partial charge in [0.15, 0.2) is 0 Å². The number of para-hydroxylation sites is 2. The molecule has 6 heteroatoms. The van der Waals surface area contributed by atoms with Crippen molar-refractivity contribution in [3.8, 4) is 11.5 Å². The van der Waals surface area contributed by atoms with Crippen LogP contribution >= 0.6 is 7.60 Å². The molecule has 0 saturated heterocycles. The summed E-state index contributed by atoms with van der Waals surface area (Å²) in [7, 11) is -4.84. The summed E-state index contributed by atoms with van der Waals surface area (Å²) < 4.78 is 17.4. The van der Waals surface area contributed by atoms with E-state index in [1.54, 1.807) is 36.4 Å². The zero-order chi connectivity index (χ0) is 13.7. The second-order valence-corrected chi connectivity index (χ2v) is 6.05. The fourth-order valence-electron chi connectivity index (χ4n) is 2.26. The summed E-state index contributed by atoms with van der Waals surface area (Å²) in [6.07, 6.45) is 0. The van der Waals surface area contributed by atoms with Gasteiger partial charge in [0, 0.05) is 11.1 Å². The zero-order valence-corrected chi connectivity index (χ0v) is 10.6. The van der Waals surface area contributed by atoms with Crippen LogP contribution in [0.25, 0.3) is 0 Å². The molecule has 3 rings (SSSR count). The maximum Gasteiger partial charge on any atom is 0.366 e. The van der Waals surface area contributed by atoms with E-state index in [-0.39, 0.29) is 22.6 Å². The van der Waals surface area contributed by atoms with E-state index in [4.69, 9.17) is 4.74 Å². The number of fused-ring (bicyclic) bond motifs is 2. The summed E-state index contributed by atoms with van der Waals surface area (Å²) in [6, 6.07) is 12.6. The Kier molecular flexibility index (Phi) is 2.56. The van der Waals surface area contributed by atoms with Crippen molar-refractivity contribution in [3.63, 3.8) is 0 Å². The number of hydrogen-bond donors (Lipinski definition) is 3. The Morgan fingerprint density at radius 2 is 1.32 bits per heavy atom.